The Kier molecular flexibility index (Phi) is 5.19. The fourth-order valence-electron chi connectivity index (χ4n) is 2.66. The van der Waals surface area contributed by atoms with Gasteiger partial charge in [-0.2, -0.15) is 5.10 Å². The lowest BCUT2D eigenvalue weighted by Crippen LogP contribution is -2.32. The number of rotatable bonds is 7. The van der Waals surface area contributed by atoms with Gasteiger partial charge in [0.2, 0.25) is 5.91 Å². The normalized spacial score (nSPS) is 14.0. The molecule has 24 heavy (non-hydrogen) atoms. The average Bonchev–Trinajstić information content (AvgIpc) is 3.24. The molecule has 0 spiro atoms. The quantitative estimate of drug-likeness (QED) is 0.700. The predicted molar refractivity (Wildman–Crippen MR) is 89.7 cm³/mol. The number of carbonyl (C=O) groups excluding carboxylic acids is 1. The van der Waals surface area contributed by atoms with Gasteiger partial charge in [0.15, 0.2) is 0 Å². The van der Waals surface area contributed by atoms with Gasteiger partial charge in [-0.25, -0.2) is 19.6 Å². The molecule has 0 aromatic carbocycles. The van der Waals surface area contributed by atoms with Crippen molar-refractivity contribution in [3.05, 3.63) is 24.5 Å². The molecule has 9 heteroatoms. The van der Waals surface area contributed by atoms with Crippen LogP contribution in [-0.2, 0) is 11.3 Å². The van der Waals surface area contributed by atoms with Gasteiger partial charge in [-0.3, -0.25) is 4.79 Å². The van der Waals surface area contributed by atoms with Crippen molar-refractivity contribution < 1.29 is 4.79 Å². The molecule has 0 bridgehead atoms. The first-order valence-corrected chi connectivity index (χ1v) is 8.14. The Morgan fingerprint density at radius 3 is 2.83 bits per heavy atom. The van der Waals surface area contributed by atoms with Crippen molar-refractivity contribution >= 4 is 17.5 Å². The van der Waals surface area contributed by atoms with Crippen LogP contribution in [0.4, 0.5) is 11.6 Å². The predicted octanol–water partition coefficient (Wildman–Crippen LogP) is 0.205. The number of hydrogen-bond acceptors (Lipinski definition) is 7. The second-order valence-corrected chi connectivity index (χ2v) is 5.72. The highest BCUT2D eigenvalue weighted by Gasteiger charge is 2.14. The van der Waals surface area contributed by atoms with E-state index in [1.54, 1.807) is 0 Å². The number of aromatic nitrogens is 5. The maximum atomic E-state index is 11.7. The molecule has 1 saturated heterocycles. The van der Waals surface area contributed by atoms with Gasteiger partial charge >= 0.3 is 0 Å². The van der Waals surface area contributed by atoms with Gasteiger partial charge < -0.3 is 15.5 Å². The third-order valence-electron chi connectivity index (χ3n) is 3.78. The number of amides is 1. The Morgan fingerprint density at radius 2 is 2.08 bits per heavy atom. The third kappa shape index (κ3) is 4.40. The van der Waals surface area contributed by atoms with Gasteiger partial charge in [0.1, 0.15) is 36.7 Å². The van der Waals surface area contributed by atoms with E-state index in [2.05, 4.69) is 35.6 Å². The summed E-state index contributed by atoms with van der Waals surface area (Å²) in [5, 5.41) is 9.96. The van der Waals surface area contributed by atoms with E-state index in [1.807, 2.05) is 13.0 Å². The van der Waals surface area contributed by atoms with Crippen LogP contribution >= 0.6 is 0 Å². The monoisotopic (exact) mass is 330 g/mol. The Hall–Kier alpha value is -2.71. The second-order valence-electron chi connectivity index (χ2n) is 5.72. The molecule has 3 rings (SSSR count). The van der Waals surface area contributed by atoms with Crippen LogP contribution in [0.25, 0.3) is 0 Å². The highest BCUT2D eigenvalue weighted by Crippen LogP contribution is 2.20. The summed E-state index contributed by atoms with van der Waals surface area (Å²) in [6.45, 7) is 5.27. The fourth-order valence-corrected chi connectivity index (χ4v) is 2.66. The summed E-state index contributed by atoms with van der Waals surface area (Å²) in [4.78, 5) is 26.7. The van der Waals surface area contributed by atoms with Crippen LogP contribution < -0.4 is 15.5 Å². The molecule has 3 heterocycles. The van der Waals surface area contributed by atoms with Crippen LogP contribution in [0.2, 0.25) is 0 Å². The maximum Gasteiger partial charge on any atom is 0.241 e. The minimum Gasteiger partial charge on any atom is -0.368 e. The van der Waals surface area contributed by atoms with Crippen LogP contribution in [0.3, 0.4) is 0 Å². The van der Waals surface area contributed by atoms with Crippen molar-refractivity contribution in [2.24, 2.45) is 0 Å². The molecule has 0 aliphatic carbocycles. The van der Waals surface area contributed by atoms with E-state index < -0.39 is 0 Å². The Balaban J connectivity index is 1.45. The molecular weight excluding hydrogens is 308 g/mol. The number of nitrogens with zero attached hydrogens (tertiary/aromatic N) is 6. The zero-order valence-electron chi connectivity index (χ0n) is 13.8. The summed E-state index contributed by atoms with van der Waals surface area (Å²) in [5.74, 6) is 2.41. The molecule has 0 saturated carbocycles. The van der Waals surface area contributed by atoms with E-state index in [0.717, 1.165) is 30.5 Å². The van der Waals surface area contributed by atoms with E-state index >= 15 is 0 Å². The van der Waals surface area contributed by atoms with Crippen molar-refractivity contribution in [1.82, 2.24) is 30.0 Å². The minimum atomic E-state index is -0.0982. The van der Waals surface area contributed by atoms with Crippen LogP contribution in [0.1, 0.15) is 18.7 Å². The summed E-state index contributed by atoms with van der Waals surface area (Å²) in [6.07, 6.45) is 5.35. The van der Waals surface area contributed by atoms with Crippen molar-refractivity contribution in [3.63, 3.8) is 0 Å². The first-order chi connectivity index (χ1) is 11.7. The lowest BCUT2D eigenvalue weighted by atomic mass is 10.4. The molecule has 2 N–H and O–H groups in total. The Morgan fingerprint density at radius 1 is 1.25 bits per heavy atom. The Labute approximate surface area is 140 Å². The first kappa shape index (κ1) is 16.2. The maximum absolute atomic E-state index is 11.7. The molecule has 2 aromatic heterocycles. The molecule has 0 radical (unpaired) electrons. The lowest BCUT2D eigenvalue weighted by Gasteiger charge is -2.17. The minimum absolute atomic E-state index is 0.0982. The molecule has 128 valence electrons. The average molecular weight is 330 g/mol. The summed E-state index contributed by atoms with van der Waals surface area (Å²) in [6, 6.07) is 1.97. The molecule has 1 aliphatic heterocycles. The van der Waals surface area contributed by atoms with Gasteiger partial charge in [0.25, 0.3) is 0 Å². The lowest BCUT2D eigenvalue weighted by molar-refractivity contribution is -0.121. The first-order valence-electron chi connectivity index (χ1n) is 8.14. The molecule has 1 aliphatic rings. The smallest absolute Gasteiger partial charge is 0.241 e. The summed E-state index contributed by atoms with van der Waals surface area (Å²) >= 11 is 0. The molecule has 1 fully saturated rings. The number of carbonyl (C=O) groups is 1. The van der Waals surface area contributed by atoms with Crippen molar-refractivity contribution in [3.8, 4) is 0 Å². The molecule has 2 aromatic rings. The second kappa shape index (κ2) is 7.71. The topological polar surface area (TPSA) is 101 Å². The molecule has 0 atom stereocenters. The zero-order chi connectivity index (χ0) is 16.8. The molecule has 0 unspecified atom stereocenters. The molecular formula is C15H22N8O. The van der Waals surface area contributed by atoms with Crippen LogP contribution in [0.5, 0.6) is 0 Å². The summed E-state index contributed by atoms with van der Waals surface area (Å²) in [7, 11) is 0. The van der Waals surface area contributed by atoms with Gasteiger partial charge in [0.05, 0.1) is 0 Å². The van der Waals surface area contributed by atoms with Gasteiger partial charge in [0, 0.05) is 32.2 Å². The number of hydrogen-bond donors (Lipinski definition) is 2. The van der Waals surface area contributed by atoms with Crippen molar-refractivity contribution in [2.75, 3.05) is 36.4 Å². The van der Waals surface area contributed by atoms with Crippen molar-refractivity contribution in [1.29, 1.82) is 0 Å². The number of anilines is 2. The van der Waals surface area contributed by atoms with E-state index in [1.165, 1.54) is 30.2 Å². The number of aryl methyl sites for hydroxylation is 1. The fraction of sp³-hybridized carbons (Fsp3) is 0.533. The zero-order valence-corrected chi connectivity index (χ0v) is 13.8. The van der Waals surface area contributed by atoms with E-state index in [0.29, 0.717) is 13.1 Å². The number of nitrogens with one attached hydrogen (secondary N) is 2. The van der Waals surface area contributed by atoms with Crippen molar-refractivity contribution in [2.45, 2.75) is 26.3 Å². The third-order valence-corrected chi connectivity index (χ3v) is 3.78. The van der Waals surface area contributed by atoms with Crippen LogP contribution in [-0.4, -0.2) is 56.8 Å². The highest BCUT2D eigenvalue weighted by molar-refractivity contribution is 5.75. The summed E-state index contributed by atoms with van der Waals surface area (Å²) < 4.78 is 1.48. The van der Waals surface area contributed by atoms with Crippen LogP contribution in [0, 0.1) is 6.92 Å². The van der Waals surface area contributed by atoms with E-state index in [9.17, 15) is 4.79 Å². The Bertz CT molecular complexity index is 666. The van der Waals surface area contributed by atoms with Gasteiger partial charge in [-0.15, -0.1) is 0 Å². The van der Waals surface area contributed by atoms with Gasteiger partial charge in [-0.05, 0) is 19.8 Å². The van der Waals surface area contributed by atoms with Crippen LogP contribution in [0.15, 0.2) is 18.7 Å². The van der Waals surface area contributed by atoms with E-state index in [4.69, 9.17) is 0 Å². The SMILES string of the molecule is Cc1nc(NCCNC(=O)Cn2cncn2)cc(N2CCCC2)n1. The van der Waals surface area contributed by atoms with E-state index in [-0.39, 0.29) is 12.5 Å². The largest absolute Gasteiger partial charge is 0.368 e. The summed E-state index contributed by atoms with van der Waals surface area (Å²) in [5.41, 5.74) is 0. The standard InChI is InChI=1S/C15H22N8O/c1-12-20-13(8-14(21-12)22-6-2-3-7-22)17-4-5-18-15(24)9-23-11-16-10-19-23/h8,10-11H,2-7,9H2,1H3,(H,18,24)(H,17,20,21). The highest BCUT2D eigenvalue weighted by atomic mass is 16.2. The molecule has 1 amide bonds. The molecule has 9 nitrogen and oxygen atoms in total. The van der Waals surface area contributed by atoms with Gasteiger partial charge in [-0.1, -0.05) is 0 Å².